The lowest BCUT2D eigenvalue weighted by Gasteiger charge is -2.36. The molecule has 6 heteroatoms. The molecule has 1 aliphatic heterocycles. The fourth-order valence-electron chi connectivity index (χ4n) is 3.63. The molecule has 3 aromatic carbocycles. The molecule has 0 radical (unpaired) electrons. The van der Waals surface area contributed by atoms with Crippen LogP contribution in [0.5, 0.6) is 5.75 Å². The second-order valence-electron chi connectivity index (χ2n) is 7.37. The van der Waals surface area contributed by atoms with Crippen LogP contribution in [0.3, 0.4) is 0 Å². The molecule has 31 heavy (non-hydrogen) atoms. The van der Waals surface area contributed by atoms with Crippen LogP contribution in [0.1, 0.15) is 20.7 Å². The number of rotatable bonds is 5. The highest BCUT2D eigenvalue weighted by Crippen LogP contribution is 2.21. The van der Waals surface area contributed by atoms with Crippen LogP contribution in [0.25, 0.3) is 0 Å². The van der Waals surface area contributed by atoms with Gasteiger partial charge in [-0.3, -0.25) is 9.59 Å². The fourth-order valence-corrected chi connectivity index (χ4v) is 3.63. The average Bonchev–Trinajstić information content (AvgIpc) is 2.85. The van der Waals surface area contributed by atoms with Gasteiger partial charge in [0.2, 0.25) is 0 Å². The molecule has 1 fully saturated rings. The van der Waals surface area contributed by atoms with E-state index in [1.807, 2.05) is 47.4 Å². The SMILES string of the molecule is COc1ccc(N2CCN(C(=O)c3ccc(NC(=O)c4ccccc4)cc3)CC2)cc1. The Hall–Kier alpha value is -3.80. The number of piperazine rings is 1. The fraction of sp³-hybridized carbons (Fsp3) is 0.200. The van der Waals surface area contributed by atoms with Crippen molar-refractivity contribution >= 4 is 23.2 Å². The Morgan fingerprint density at radius 2 is 1.42 bits per heavy atom. The third kappa shape index (κ3) is 4.86. The Bertz CT molecular complexity index is 1030. The summed E-state index contributed by atoms with van der Waals surface area (Å²) in [6.45, 7) is 2.89. The lowest BCUT2D eigenvalue weighted by atomic mass is 10.1. The first-order valence-corrected chi connectivity index (χ1v) is 10.3. The van der Waals surface area contributed by atoms with Crippen LogP contribution in [-0.2, 0) is 0 Å². The summed E-state index contributed by atoms with van der Waals surface area (Å²) in [7, 11) is 1.66. The number of nitrogens with zero attached hydrogens (tertiary/aromatic N) is 2. The molecule has 0 atom stereocenters. The Labute approximate surface area is 182 Å². The van der Waals surface area contributed by atoms with E-state index in [9.17, 15) is 9.59 Å². The van der Waals surface area contributed by atoms with Gasteiger partial charge in [0.05, 0.1) is 7.11 Å². The van der Waals surface area contributed by atoms with Crippen molar-refractivity contribution in [2.24, 2.45) is 0 Å². The normalized spacial score (nSPS) is 13.6. The standard InChI is InChI=1S/C25H25N3O3/c1-31-23-13-11-22(12-14-23)27-15-17-28(18-16-27)25(30)20-7-9-21(10-8-20)26-24(29)19-5-3-2-4-6-19/h2-14H,15-18H2,1H3,(H,26,29). The summed E-state index contributed by atoms with van der Waals surface area (Å²) in [5.41, 5.74) is 3.01. The van der Waals surface area contributed by atoms with Crippen molar-refractivity contribution in [3.8, 4) is 5.75 Å². The van der Waals surface area contributed by atoms with Crippen LogP contribution in [0.15, 0.2) is 78.9 Å². The predicted octanol–water partition coefficient (Wildman–Crippen LogP) is 3.91. The molecular weight excluding hydrogens is 390 g/mol. The van der Waals surface area contributed by atoms with Crippen LogP contribution in [0.4, 0.5) is 11.4 Å². The number of hydrogen-bond donors (Lipinski definition) is 1. The van der Waals surface area contributed by atoms with Gasteiger partial charge in [0.15, 0.2) is 0 Å². The Kier molecular flexibility index (Phi) is 6.17. The van der Waals surface area contributed by atoms with Crippen molar-refractivity contribution in [1.82, 2.24) is 4.90 Å². The van der Waals surface area contributed by atoms with E-state index in [4.69, 9.17) is 4.74 Å². The third-order valence-electron chi connectivity index (χ3n) is 5.43. The smallest absolute Gasteiger partial charge is 0.255 e. The zero-order chi connectivity index (χ0) is 21.6. The summed E-state index contributed by atoms with van der Waals surface area (Å²) in [6.07, 6.45) is 0. The van der Waals surface area contributed by atoms with E-state index in [0.717, 1.165) is 24.5 Å². The van der Waals surface area contributed by atoms with Crippen molar-refractivity contribution in [2.75, 3.05) is 43.5 Å². The monoisotopic (exact) mass is 415 g/mol. The quantitative estimate of drug-likeness (QED) is 0.686. The minimum absolute atomic E-state index is 0.00955. The zero-order valence-corrected chi connectivity index (χ0v) is 17.5. The van der Waals surface area contributed by atoms with Gasteiger partial charge in [-0.05, 0) is 60.7 Å². The Morgan fingerprint density at radius 1 is 0.774 bits per heavy atom. The van der Waals surface area contributed by atoms with Crippen LogP contribution >= 0.6 is 0 Å². The summed E-state index contributed by atoms with van der Waals surface area (Å²) < 4.78 is 5.21. The first-order chi connectivity index (χ1) is 15.1. The van der Waals surface area contributed by atoms with Gasteiger partial charge < -0.3 is 19.9 Å². The highest BCUT2D eigenvalue weighted by atomic mass is 16.5. The lowest BCUT2D eigenvalue weighted by Crippen LogP contribution is -2.48. The van der Waals surface area contributed by atoms with Gasteiger partial charge in [-0.25, -0.2) is 0 Å². The number of anilines is 2. The lowest BCUT2D eigenvalue weighted by molar-refractivity contribution is 0.0746. The van der Waals surface area contributed by atoms with E-state index >= 15 is 0 Å². The molecule has 0 aliphatic carbocycles. The Balaban J connectivity index is 1.33. The van der Waals surface area contributed by atoms with Crippen LogP contribution in [0, 0.1) is 0 Å². The topological polar surface area (TPSA) is 61.9 Å². The van der Waals surface area contributed by atoms with E-state index < -0.39 is 0 Å². The van der Waals surface area contributed by atoms with Gasteiger partial charge in [-0.2, -0.15) is 0 Å². The van der Waals surface area contributed by atoms with Crippen LogP contribution < -0.4 is 15.0 Å². The van der Waals surface area contributed by atoms with Gasteiger partial charge >= 0.3 is 0 Å². The number of ether oxygens (including phenoxy) is 1. The summed E-state index contributed by atoms with van der Waals surface area (Å²) >= 11 is 0. The Morgan fingerprint density at radius 3 is 2.03 bits per heavy atom. The largest absolute Gasteiger partial charge is 0.497 e. The van der Waals surface area contributed by atoms with Crippen molar-refractivity contribution in [1.29, 1.82) is 0 Å². The summed E-state index contributed by atoms with van der Waals surface area (Å²) in [4.78, 5) is 29.3. The molecule has 1 saturated heterocycles. The summed E-state index contributed by atoms with van der Waals surface area (Å²) in [5.74, 6) is 0.672. The van der Waals surface area contributed by atoms with Gasteiger partial charge in [-0.15, -0.1) is 0 Å². The molecule has 4 rings (SSSR count). The van der Waals surface area contributed by atoms with Crippen molar-refractivity contribution in [3.63, 3.8) is 0 Å². The minimum atomic E-state index is -0.172. The van der Waals surface area contributed by atoms with Gasteiger partial charge in [0.1, 0.15) is 5.75 Å². The van der Waals surface area contributed by atoms with Crippen molar-refractivity contribution < 1.29 is 14.3 Å². The summed E-state index contributed by atoms with van der Waals surface area (Å²) in [5, 5.41) is 2.86. The molecule has 0 bridgehead atoms. The highest BCUT2D eigenvalue weighted by molar-refractivity contribution is 6.04. The maximum Gasteiger partial charge on any atom is 0.255 e. The summed E-state index contributed by atoms with van der Waals surface area (Å²) in [6, 6.07) is 24.1. The highest BCUT2D eigenvalue weighted by Gasteiger charge is 2.22. The number of methoxy groups -OCH3 is 1. The molecule has 3 aromatic rings. The maximum atomic E-state index is 12.9. The molecule has 1 N–H and O–H groups in total. The van der Waals surface area contributed by atoms with Gasteiger partial charge in [0.25, 0.3) is 11.8 Å². The zero-order valence-electron chi connectivity index (χ0n) is 17.5. The molecular formula is C25H25N3O3. The van der Waals surface area contributed by atoms with Crippen LogP contribution in [0.2, 0.25) is 0 Å². The van der Waals surface area contributed by atoms with Gasteiger partial charge in [0, 0.05) is 48.7 Å². The maximum absolute atomic E-state index is 12.9. The van der Waals surface area contributed by atoms with Gasteiger partial charge in [-0.1, -0.05) is 18.2 Å². The molecule has 0 aromatic heterocycles. The number of benzene rings is 3. The van der Waals surface area contributed by atoms with Crippen LogP contribution in [-0.4, -0.2) is 50.0 Å². The minimum Gasteiger partial charge on any atom is -0.497 e. The van der Waals surface area contributed by atoms with E-state index in [1.54, 1.807) is 43.5 Å². The third-order valence-corrected chi connectivity index (χ3v) is 5.43. The molecule has 158 valence electrons. The van der Waals surface area contributed by atoms with E-state index in [2.05, 4.69) is 10.2 Å². The second kappa shape index (κ2) is 9.34. The molecule has 2 amide bonds. The second-order valence-corrected chi connectivity index (χ2v) is 7.37. The van der Waals surface area contributed by atoms with E-state index in [0.29, 0.717) is 29.9 Å². The van der Waals surface area contributed by atoms with Crippen molar-refractivity contribution in [3.05, 3.63) is 90.0 Å². The van der Waals surface area contributed by atoms with E-state index in [-0.39, 0.29) is 11.8 Å². The molecule has 0 spiro atoms. The van der Waals surface area contributed by atoms with Crippen molar-refractivity contribution in [2.45, 2.75) is 0 Å². The average molecular weight is 415 g/mol. The number of hydrogen-bond acceptors (Lipinski definition) is 4. The predicted molar refractivity (Wildman–Crippen MR) is 122 cm³/mol. The number of amides is 2. The first kappa shape index (κ1) is 20.5. The molecule has 0 unspecified atom stereocenters. The number of carbonyl (C=O) groups excluding carboxylic acids is 2. The molecule has 1 aliphatic rings. The van der Waals surface area contributed by atoms with E-state index in [1.165, 1.54) is 0 Å². The molecule has 1 heterocycles. The molecule has 0 saturated carbocycles. The molecule has 6 nitrogen and oxygen atoms in total. The number of nitrogens with one attached hydrogen (secondary N) is 1. The number of carbonyl (C=O) groups is 2. The first-order valence-electron chi connectivity index (χ1n) is 10.3.